The van der Waals surface area contributed by atoms with Crippen molar-refractivity contribution in [2.45, 2.75) is 6.04 Å². The van der Waals surface area contributed by atoms with Crippen LogP contribution in [0.5, 0.6) is 0 Å². The molecule has 2 nitrogen and oxygen atoms in total. The van der Waals surface area contributed by atoms with Crippen molar-refractivity contribution in [1.29, 1.82) is 0 Å². The Hall–Kier alpha value is -1.49. The van der Waals surface area contributed by atoms with Gasteiger partial charge < -0.3 is 5.32 Å². The minimum atomic E-state index is -0.559. The molecule has 0 aliphatic carbocycles. The zero-order valence-corrected chi connectivity index (χ0v) is 12.8. The van der Waals surface area contributed by atoms with Crippen molar-refractivity contribution >= 4 is 11.6 Å². The maximum Gasteiger partial charge on any atom is 0.131 e. The molecule has 2 aromatic rings. The molecule has 1 heterocycles. The number of piperazine rings is 1. The van der Waals surface area contributed by atoms with Crippen LogP contribution >= 0.6 is 11.6 Å². The number of halogens is 3. The van der Waals surface area contributed by atoms with Crippen LogP contribution in [0.2, 0.25) is 5.02 Å². The molecule has 0 bridgehead atoms. The van der Waals surface area contributed by atoms with Crippen LogP contribution in [-0.4, -0.2) is 31.1 Å². The zero-order valence-electron chi connectivity index (χ0n) is 12.0. The molecule has 1 atom stereocenters. The average Bonchev–Trinajstić information content (AvgIpc) is 2.52. The molecule has 0 spiro atoms. The number of hydrogen-bond acceptors (Lipinski definition) is 2. The van der Waals surface area contributed by atoms with Crippen molar-refractivity contribution in [2.24, 2.45) is 0 Å². The van der Waals surface area contributed by atoms with Crippen molar-refractivity contribution in [3.8, 4) is 0 Å². The first-order chi connectivity index (χ1) is 10.6. The summed E-state index contributed by atoms with van der Waals surface area (Å²) in [6, 6.07) is 11.0. The molecule has 1 unspecified atom stereocenters. The molecule has 0 amide bonds. The molecule has 3 rings (SSSR count). The monoisotopic (exact) mass is 322 g/mol. The zero-order chi connectivity index (χ0) is 15.5. The van der Waals surface area contributed by atoms with Gasteiger partial charge in [0.05, 0.1) is 6.04 Å². The third kappa shape index (κ3) is 3.29. The normalized spacial score (nSPS) is 17.4. The Morgan fingerprint density at radius 2 is 1.68 bits per heavy atom. The first kappa shape index (κ1) is 15.4. The van der Waals surface area contributed by atoms with E-state index in [1.54, 1.807) is 12.1 Å². The Bertz CT molecular complexity index is 640. The summed E-state index contributed by atoms with van der Waals surface area (Å²) in [5, 5.41) is 3.93. The summed E-state index contributed by atoms with van der Waals surface area (Å²) in [6.45, 7) is 3.33. The van der Waals surface area contributed by atoms with Crippen molar-refractivity contribution < 1.29 is 8.78 Å². The largest absolute Gasteiger partial charge is 0.314 e. The number of rotatable bonds is 3. The fourth-order valence-electron chi connectivity index (χ4n) is 2.90. The van der Waals surface area contributed by atoms with Crippen LogP contribution in [0.1, 0.15) is 17.2 Å². The van der Waals surface area contributed by atoms with Gasteiger partial charge in [0.1, 0.15) is 11.6 Å². The van der Waals surface area contributed by atoms with Crippen molar-refractivity contribution in [3.63, 3.8) is 0 Å². The van der Waals surface area contributed by atoms with Crippen LogP contribution in [0.3, 0.4) is 0 Å². The van der Waals surface area contributed by atoms with Gasteiger partial charge in [-0.2, -0.15) is 0 Å². The van der Waals surface area contributed by atoms with E-state index in [-0.39, 0.29) is 6.04 Å². The Balaban J connectivity index is 2.03. The predicted molar refractivity (Wildman–Crippen MR) is 84.1 cm³/mol. The van der Waals surface area contributed by atoms with Gasteiger partial charge in [0.2, 0.25) is 0 Å². The van der Waals surface area contributed by atoms with Gasteiger partial charge in [-0.05, 0) is 23.8 Å². The molecule has 22 heavy (non-hydrogen) atoms. The van der Waals surface area contributed by atoms with Crippen molar-refractivity contribution in [3.05, 3.63) is 70.2 Å². The first-order valence-electron chi connectivity index (χ1n) is 7.30. The Labute approximate surface area is 133 Å². The van der Waals surface area contributed by atoms with E-state index in [2.05, 4.69) is 10.2 Å². The van der Waals surface area contributed by atoms with Gasteiger partial charge in [-0.1, -0.05) is 29.8 Å². The molecule has 0 aromatic heterocycles. The van der Waals surface area contributed by atoms with E-state index in [9.17, 15) is 8.78 Å². The lowest BCUT2D eigenvalue weighted by molar-refractivity contribution is 0.195. The Kier molecular flexibility index (Phi) is 4.71. The summed E-state index contributed by atoms with van der Waals surface area (Å²) in [6.07, 6.45) is 0. The van der Waals surface area contributed by atoms with E-state index in [0.29, 0.717) is 10.6 Å². The molecule has 1 saturated heterocycles. The second-order valence-electron chi connectivity index (χ2n) is 5.41. The highest BCUT2D eigenvalue weighted by Gasteiger charge is 2.26. The predicted octanol–water partition coefficient (Wildman–Crippen LogP) is 3.61. The van der Waals surface area contributed by atoms with Gasteiger partial charge in [0.15, 0.2) is 0 Å². The van der Waals surface area contributed by atoms with Gasteiger partial charge in [-0.3, -0.25) is 4.90 Å². The fraction of sp³-hybridized carbons (Fsp3) is 0.294. The van der Waals surface area contributed by atoms with E-state index in [0.717, 1.165) is 37.8 Å². The molecular formula is C17H17ClF2N2. The molecule has 116 valence electrons. The van der Waals surface area contributed by atoms with Crippen molar-refractivity contribution in [1.82, 2.24) is 10.2 Å². The smallest absolute Gasteiger partial charge is 0.131 e. The van der Waals surface area contributed by atoms with Gasteiger partial charge in [0.25, 0.3) is 0 Å². The number of nitrogens with zero attached hydrogens (tertiary/aromatic N) is 1. The van der Waals surface area contributed by atoms with E-state index in [4.69, 9.17) is 11.6 Å². The first-order valence-corrected chi connectivity index (χ1v) is 7.68. The van der Waals surface area contributed by atoms with Crippen LogP contribution in [-0.2, 0) is 0 Å². The summed E-state index contributed by atoms with van der Waals surface area (Å²) in [4.78, 5) is 2.20. The summed E-state index contributed by atoms with van der Waals surface area (Å²) >= 11 is 5.95. The van der Waals surface area contributed by atoms with Crippen LogP contribution < -0.4 is 5.32 Å². The molecular weight excluding hydrogens is 306 g/mol. The third-order valence-electron chi connectivity index (χ3n) is 3.96. The van der Waals surface area contributed by atoms with Gasteiger partial charge in [0, 0.05) is 42.8 Å². The maximum atomic E-state index is 14.3. The quantitative estimate of drug-likeness (QED) is 0.928. The van der Waals surface area contributed by atoms with Gasteiger partial charge >= 0.3 is 0 Å². The molecule has 0 radical (unpaired) electrons. The molecule has 1 fully saturated rings. The van der Waals surface area contributed by atoms with Gasteiger partial charge in [-0.25, -0.2) is 8.78 Å². The topological polar surface area (TPSA) is 15.3 Å². The molecule has 1 N–H and O–H groups in total. The third-order valence-corrected chi connectivity index (χ3v) is 4.21. The maximum absolute atomic E-state index is 14.3. The van der Waals surface area contributed by atoms with Crippen LogP contribution in [0.25, 0.3) is 0 Å². The summed E-state index contributed by atoms with van der Waals surface area (Å²) in [5.74, 6) is -1.07. The highest BCUT2D eigenvalue weighted by atomic mass is 35.5. The summed E-state index contributed by atoms with van der Waals surface area (Å²) in [7, 11) is 0. The number of hydrogen-bond donors (Lipinski definition) is 1. The average molecular weight is 323 g/mol. The highest BCUT2D eigenvalue weighted by Crippen LogP contribution is 2.31. The number of nitrogens with one attached hydrogen (secondary N) is 1. The summed E-state index contributed by atoms with van der Waals surface area (Å²) < 4.78 is 27.5. The molecule has 2 aromatic carbocycles. The minimum Gasteiger partial charge on any atom is -0.314 e. The lowest BCUT2D eigenvalue weighted by Gasteiger charge is -2.35. The highest BCUT2D eigenvalue weighted by molar-refractivity contribution is 6.30. The second-order valence-corrected chi connectivity index (χ2v) is 5.84. The lowest BCUT2D eigenvalue weighted by Crippen LogP contribution is -2.45. The standard InChI is InChI=1S/C17H17ClF2N2/c18-13-3-1-12(2-4-13)17(22-9-7-21-8-10-22)15-6-5-14(19)11-16(15)20/h1-6,11,17,21H,7-10H2. The Morgan fingerprint density at radius 1 is 1.00 bits per heavy atom. The van der Waals surface area contributed by atoms with E-state index in [1.165, 1.54) is 12.1 Å². The van der Waals surface area contributed by atoms with E-state index in [1.807, 2.05) is 12.1 Å². The van der Waals surface area contributed by atoms with Gasteiger partial charge in [-0.15, -0.1) is 0 Å². The SMILES string of the molecule is Fc1ccc(C(c2ccc(Cl)cc2)N2CCNCC2)c(F)c1. The summed E-state index contributed by atoms with van der Waals surface area (Å²) in [5.41, 5.74) is 1.45. The van der Waals surface area contributed by atoms with Crippen molar-refractivity contribution in [2.75, 3.05) is 26.2 Å². The molecule has 5 heteroatoms. The molecule has 0 saturated carbocycles. The molecule has 1 aliphatic heterocycles. The molecule has 1 aliphatic rings. The van der Waals surface area contributed by atoms with Crippen LogP contribution in [0, 0.1) is 11.6 Å². The Morgan fingerprint density at radius 3 is 2.32 bits per heavy atom. The number of benzene rings is 2. The minimum absolute atomic E-state index is 0.236. The lowest BCUT2D eigenvalue weighted by atomic mass is 9.96. The van der Waals surface area contributed by atoms with Crippen LogP contribution in [0.15, 0.2) is 42.5 Å². The van der Waals surface area contributed by atoms with E-state index < -0.39 is 11.6 Å². The van der Waals surface area contributed by atoms with E-state index >= 15 is 0 Å². The second kappa shape index (κ2) is 6.73. The fourth-order valence-corrected chi connectivity index (χ4v) is 3.02. The van der Waals surface area contributed by atoms with Crippen LogP contribution in [0.4, 0.5) is 8.78 Å².